The molecule has 0 aliphatic carbocycles. The Morgan fingerprint density at radius 3 is 3.00 bits per heavy atom. The van der Waals surface area contributed by atoms with Gasteiger partial charge in [0.2, 0.25) is 0 Å². The van der Waals surface area contributed by atoms with E-state index in [-0.39, 0.29) is 0 Å². The number of carbonyl (C=O) groups is 1. The Kier molecular flexibility index (Phi) is 2.80. The minimum atomic E-state index is -0.991. The first kappa shape index (κ1) is 6.34. The Hall–Kier alpha value is -1.66. The molecule has 0 unspecified atom stereocenters. The monoisotopic (exact) mass is 111 g/mol. The third kappa shape index (κ3) is 2.57. The van der Waals surface area contributed by atoms with E-state index in [2.05, 4.69) is 9.53 Å². The predicted molar refractivity (Wildman–Crippen MR) is 21.4 cm³/mol. The van der Waals surface area contributed by atoms with Crippen LogP contribution in [0.2, 0.25) is 0 Å². The molecule has 0 saturated heterocycles. The van der Waals surface area contributed by atoms with Gasteiger partial charge in [0.15, 0.2) is 0 Å². The van der Waals surface area contributed by atoms with Gasteiger partial charge in [-0.1, -0.05) is 0 Å². The van der Waals surface area contributed by atoms with Gasteiger partial charge in [0.05, 0.1) is 0 Å². The number of ether oxygens (including phenoxy) is 1. The molecule has 40 valence electrons. The molecule has 0 spiro atoms. The Balaban J connectivity index is 3.70. The van der Waals surface area contributed by atoms with Crippen molar-refractivity contribution in [2.24, 2.45) is 0 Å². The number of hydrogen-bond acceptors (Lipinski definition) is 3. The molecule has 8 heavy (non-hydrogen) atoms. The van der Waals surface area contributed by atoms with E-state index in [1.807, 2.05) is 0 Å². The quantitative estimate of drug-likeness (QED) is 0.147. The number of rotatable bonds is 1. The summed E-state index contributed by atoms with van der Waals surface area (Å²) >= 11 is 0. The van der Waals surface area contributed by atoms with Crippen molar-refractivity contribution in [1.29, 1.82) is 5.26 Å². The summed E-state index contributed by atoms with van der Waals surface area (Å²) in [5.74, 6) is -0.991. The molecule has 5 heteroatoms. The van der Waals surface area contributed by atoms with Crippen LogP contribution in [0.15, 0.2) is 0 Å². The van der Waals surface area contributed by atoms with Gasteiger partial charge in [-0.05, 0) is 0 Å². The van der Waals surface area contributed by atoms with Crippen LogP contribution in [0, 0.1) is 11.5 Å². The van der Waals surface area contributed by atoms with Gasteiger partial charge in [-0.25, -0.2) is 4.79 Å². The van der Waals surface area contributed by atoms with Crippen LogP contribution in [-0.2, 0) is 9.53 Å². The van der Waals surface area contributed by atoms with Crippen LogP contribution in [0.5, 0.6) is 0 Å². The first-order valence-corrected chi connectivity index (χ1v) is 1.58. The lowest BCUT2D eigenvalue weighted by molar-refractivity contribution is -0.132. The Morgan fingerprint density at radius 2 is 2.62 bits per heavy atom. The Morgan fingerprint density at radius 1 is 2.00 bits per heavy atom. The summed E-state index contributed by atoms with van der Waals surface area (Å²) in [6.07, 6.45) is 1.58. The zero-order chi connectivity index (χ0) is 6.41. The average Bonchev–Trinajstić information content (AvgIpc) is 1.68. The molecule has 0 radical (unpaired) electrons. The zero-order valence-corrected chi connectivity index (χ0v) is 3.74. The van der Waals surface area contributed by atoms with Gasteiger partial charge in [0.25, 0.3) is 6.26 Å². The summed E-state index contributed by atoms with van der Waals surface area (Å²) in [6, 6.07) is 0. The van der Waals surface area contributed by atoms with E-state index in [0.717, 1.165) is 6.26 Å². The van der Waals surface area contributed by atoms with Gasteiger partial charge in [0, 0.05) is 0 Å². The minimum absolute atomic E-state index is 0.475. The van der Waals surface area contributed by atoms with Gasteiger partial charge in [-0.3, -0.25) is 0 Å². The molecule has 0 aromatic carbocycles. The van der Waals surface area contributed by atoms with Crippen molar-refractivity contribution in [3.05, 3.63) is 5.53 Å². The molecular weight excluding hydrogens is 110 g/mol. The van der Waals surface area contributed by atoms with Crippen molar-refractivity contribution < 1.29 is 14.3 Å². The highest BCUT2D eigenvalue weighted by molar-refractivity contribution is 6.20. The summed E-state index contributed by atoms with van der Waals surface area (Å²) < 4.78 is 3.64. The third-order valence-electron chi connectivity index (χ3n) is 0.309. The van der Waals surface area contributed by atoms with Crippen molar-refractivity contribution >= 4 is 12.2 Å². The Labute approximate surface area is 44.7 Å². The van der Waals surface area contributed by atoms with Crippen LogP contribution in [0.3, 0.4) is 0 Å². The lowest BCUT2D eigenvalue weighted by Gasteiger charge is -1.72. The average molecular weight is 111 g/mol. The van der Waals surface area contributed by atoms with E-state index in [0.29, 0.717) is 6.21 Å². The van der Waals surface area contributed by atoms with E-state index in [1.165, 1.54) is 0 Å². The number of hydrogen-bond donors (Lipinski definition) is 0. The molecule has 0 heterocycles. The predicted octanol–water partition coefficient (Wildman–Crippen LogP) is -0.689. The molecule has 0 aromatic heterocycles. The van der Waals surface area contributed by atoms with Crippen molar-refractivity contribution in [2.45, 2.75) is 0 Å². The molecule has 0 amide bonds. The maximum atomic E-state index is 9.89. The SMILES string of the molecule is N#COC(=O)C=[N+]=[N-]. The summed E-state index contributed by atoms with van der Waals surface area (Å²) in [6.45, 7) is 0. The fourth-order valence-electron chi connectivity index (χ4n) is 0.118. The van der Waals surface area contributed by atoms with Crippen LogP contribution in [0.25, 0.3) is 5.53 Å². The lowest BCUT2D eigenvalue weighted by Crippen LogP contribution is -2.00. The van der Waals surface area contributed by atoms with Crippen LogP contribution in [0.1, 0.15) is 0 Å². The van der Waals surface area contributed by atoms with E-state index in [1.54, 1.807) is 0 Å². The second-order valence-corrected chi connectivity index (χ2v) is 0.757. The molecule has 0 aliphatic rings. The highest BCUT2D eigenvalue weighted by Gasteiger charge is 1.99. The number of carbonyl (C=O) groups excluding carboxylic acids is 1. The van der Waals surface area contributed by atoms with Crippen molar-refractivity contribution in [2.75, 3.05) is 0 Å². The fourth-order valence-corrected chi connectivity index (χ4v) is 0.118. The van der Waals surface area contributed by atoms with Gasteiger partial charge in [-0.2, -0.15) is 4.79 Å². The topological polar surface area (TPSA) is 86.5 Å². The maximum absolute atomic E-state index is 9.89. The molecule has 0 saturated carbocycles. The van der Waals surface area contributed by atoms with Crippen molar-refractivity contribution in [3.63, 3.8) is 0 Å². The molecule has 0 rings (SSSR count). The summed E-state index contributed by atoms with van der Waals surface area (Å²) in [4.78, 5) is 12.2. The second kappa shape index (κ2) is 3.53. The molecule has 0 aromatic rings. The third-order valence-corrected chi connectivity index (χ3v) is 0.309. The smallest absolute Gasteiger partial charge is 0.361 e. The second-order valence-electron chi connectivity index (χ2n) is 0.757. The van der Waals surface area contributed by atoms with Gasteiger partial charge >= 0.3 is 12.2 Å². The van der Waals surface area contributed by atoms with E-state index in [9.17, 15) is 4.79 Å². The van der Waals surface area contributed by atoms with E-state index < -0.39 is 5.97 Å². The van der Waals surface area contributed by atoms with Gasteiger partial charge in [-0.15, -0.1) is 5.26 Å². The maximum Gasteiger partial charge on any atom is 0.428 e. The van der Waals surface area contributed by atoms with Gasteiger partial charge in [0.1, 0.15) is 0 Å². The van der Waals surface area contributed by atoms with Crippen molar-refractivity contribution in [3.8, 4) is 6.26 Å². The highest BCUT2D eigenvalue weighted by atomic mass is 16.5. The molecule has 5 nitrogen and oxygen atoms in total. The van der Waals surface area contributed by atoms with E-state index >= 15 is 0 Å². The highest BCUT2D eigenvalue weighted by Crippen LogP contribution is 1.63. The lowest BCUT2D eigenvalue weighted by atomic mass is 10.8. The normalized spacial score (nSPS) is 5.88. The number of nitriles is 1. The zero-order valence-electron chi connectivity index (χ0n) is 3.74. The largest absolute Gasteiger partial charge is 0.428 e. The van der Waals surface area contributed by atoms with E-state index in [4.69, 9.17) is 10.8 Å². The first-order chi connectivity index (χ1) is 3.81. The van der Waals surface area contributed by atoms with Crippen LogP contribution in [-0.4, -0.2) is 17.0 Å². The van der Waals surface area contributed by atoms with Crippen LogP contribution in [0.4, 0.5) is 0 Å². The summed E-state index contributed by atoms with van der Waals surface area (Å²) in [7, 11) is 0. The summed E-state index contributed by atoms with van der Waals surface area (Å²) in [5.41, 5.74) is 7.62. The van der Waals surface area contributed by atoms with Crippen LogP contribution < -0.4 is 0 Å². The molecule has 0 atom stereocenters. The molecular formula is C3HN3O2. The van der Waals surface area contributed by atoms with Crippen LogP contribution >= 0.6 is 0 Å². The standard InChI is InChI=1S/C3HN3O2/c4-2-8-3(7)1-6-5/h1H. The molecule has 0 fully saturated rings. The molecule has 0 aliphatic heterocycles. The molecule has 0 bridgehead atoms. The van der Waals surface area contributed by atoms with Crippen molar-refractivity contribution in [1.82, 2.24) is 0 Å². The minimum Gasteiger partial charge on any atom is -0.361 e. The first-order valence-electron chi connectivity index (χ1n) is 1.58. The summed E-state index contributed by atoms with van der Waals surface area (Å²) in [5, 5.41) is 7.63. The van der Waals surface area contributed by atoms with Gasteiger partial charge < -0.3 is 10.3 Å². The fraction of sp³-hybridized carbons (Fsp3) is 0. The number of esters is 1. The Bertz CT molecular complexity index is 173. The molecule has 0 N–H and O–H groups in total. The number of nitrogens with zero attached hydrogens (tertiary/aromatic N) is 3.